The van der Waals surface area contributed by atoms with Gasteiger partial charge in [-0.3, -0.25) is 9.59 Å². The number of amides is 1. The highest BCUT2D eigenvalue weighted by molar-refractivity contribution is 7.89. The number of carbonyl (C=O) groups excluding carboxylic acids is 1. The summed E-state index contributed by atoms with van der Waals surface area (Å²) in [5.41, 5.74) is 2.16. The van der Waals surface area contributed by atoms with Crippen molar-refractivity contribution in [3.05, 3.63) is 88.6 Å². The minimum Gasteiger partial charge on any atom is -0.473 e. The van der Waals surface area contributed by atoms with Gasteiger partial charge in [-0.15, -0.1) is 0 Å². The molecule has 0 saturated carbocycles. The zero-order valence-corrected chi connectivity index (χ0v) is 24.3. The molecule has 0 radical (unpaired) electrons. The first-order chi connectivity index (χ1) is 18.8. The summed E-state index contributed by atoms with van der Waals surface area (Å²) in [6.45, 7) is 8.13. The molecule has 8 nitrogen and oxygen atoms in total. The Balaban J connectivity index is 1.67. The number of nitrogens with zero attached hydrogens (tertiary/aromatic N) is 1. The number of sulfonamides is 1. The van der Waals surface area contributed by atoms with Gasteiger partial charge in [-0.1, -0.05) is 64.1 Å². The highest BCUT2D eigenvalue weighted by Gasteiger charge is 2.26. The summed E-state index contributed by atoms with van der Waals surface area (Å²) in [4.78, 5) is 26.9. The molecule has 0 aliphatic carbocycles. The van der Waals surface area contributed by atoms with Gasteiger partial charge in [0, 0.05) is 25.3 Å². The second-order valence-electron chi connectivity index (χ2n) is 10.7. The number of benzene rings is 3. The van der Waals surface area contributed by atoms with Crippen LogP contribution >= 0.6 is 0 Å². The first-order valence-electron chi connectivity index (χ1n) is 13.0. The molecule has 0 aliphatic rings. The molecule has 9 heteroatoms. The fourth-order valence-electron chi connectivity index (χ4n) is 4.15. The van der Waals surface area contributed by atoms with Crippen molar-refractivity contribution in [1.82, 2.24) is 4.31 Å². The number of hydrogen-bond acceptors (Lipinski definition) is 6. The van der Waals surface area contributed by atoms with Crippen LogP contribution in [0.2, 0.25) is 0 Å². The highest BCUT2D eigenvalue weighted by Crippen LogP contribution is 2.33. The van der Waals surface area contributed by atoms with E-state index in [1.807, 2.05) is 24.3 Å². The number of anilines is 1. The van der Waals surface area contributed by atoms with Crippen molar-refractivity contribution in [1.29, 1.82) is 0 Å². The van der Waals surface area contributed by atoms with Crippen molar-refractivity contribution < 1.29 is 22.4 Å². The third-order valence-corrected chi connectivity index (χ3v) is 8.42. The third-order valence-electron chi connectivity index (χ3n) is 6.59. The van der Waals surface area contributed by atoms with Crippen LogP contribution in [0.5, 0.6) is 5.75 Å². The number of ether oxygens (including phenoxy) is 1. The number of rotatable bonds is 8. The van der Waals surface area contributed by atoms with E-state index in [2.05, 4.69) is 26.1 Å². The van der Waals surface area contributed by atoms with E-state index in [1.54, 1.807) is 31.2 Å². The number of fused-ring (bicyclic) bond motifs is 1. The molecule has 1 amide bonds. The van der Waals surface area contributed by atoms with Crippen LogP contribution in [0.4, 0.5) is 5.69 Å². The van der Waals surface area contributed by atoms with Crippen molar-refractivity contribution in [3.63, 3.8) is 0 Å². The molecular formula is C31H34N2O6S. The largest absolute Gasteiger partial charge is 0.473 e. The molecule has 210 valence electrons. The lowest BCUT2D eigenvalue weighted by atomic mass is 9.86. The van der Waals surface area contributed by atoms with E-state index in [0.29, 0.717) is 22.2 Å². The molecule has 0 bridgehead atoms. The molecule has 40 heavy (non-hydrogen) atoms. The van der Waals surface area contributed by atoms with Crippen LogP contribution in [0.3, 0.4) is 0 Å². The normalized spacial score (nSPS) is 12.9. The van der Waals surface area contributed by atoms with Crippen LogP contribution in [-0.2, 0) is 20.2 Å². The van der Waals surface area contributed by atoms with E-state index in [4.69, 9.17) is 9.15 Å². The van der Waals surface area contributed by atoms with E-state index in [0.717, 1.165) is 9.87 Å². The minimum absolute atomic E-state index is 0.0448. The second kappa shape index (κ2) is 11.3. The highest BCUT2D eigenvalue weighted by atomic mass is 32.2. The summed E-state index contributed by atoms with van der Waals surface area (Å²) in [7, 11) is -0.700. The van der Waals surface area contributed by atoms with Gasteiger partial charge in [-0.25, -0.2) is 12.7 Å². The van der Waals surface area contributed by atoms with E-state index >= 15 is 0 Å². The molecule has 1 aromatic heterocycles. The standard InChI is InChI=1S/C31H34N2O6S/c1-7-25(30(35)32-22-16-18-23(19-17-22)40(36,37)33(5)6)38-29-27(34)24-10-8-9-11-26(24)39-28(29)20-12-14-21(15-13-20)31(2,3)4/h8-19,25H,7H2,1-6H3,(H,32,35). The molecule has 1 heterocycles. The lowest BCUT2D eigenvalue weighted by Gasteiger charge is -2.20. The van der Waals surface area contributed by atoms with Crippen LogP contribution < -0.4 is 15.5 Å². The summed E-state index contributed by atoms with van der Waals surface area (Å²) in [5, 5.41) is 3.10. The monoisotopic (exact) mass is 562 g/mol. The van der Waals surface area contributed by atoms with Gasteiger partial charge >= 0.3 is 0 Å². The predicted octanol–water partition coefficient (Wildman–Crippen LogP) is 5.80. The smallest absolute Gasteiger partial charge is 0.265 e. The van der Waals surface area contributed by atoms with Gasteiger partial charge in [-0.2, -0.15) is 0 Å². The van der Waals surface area contributed by atoms with E-state index in [-0.39, 0.29) is 33.7 Å². The van der Waals surface area contributed by atoms with Crippen molar-refractivity contribution in [2.24, 2.45) is 0 Å². The van der Waals surface area contributed by atoms with Gasteiger partial charge in [0.1, 0.15) is 5.58 Å². The molecular weight excluding hydrogens is 528 g/mol. The number of hydrogen-bond donors (Lipinski definition) is 1. The lowest BCUT2D eigenvalue weighted by molar-refractivity contribution is -0.122. The Labute approximate surface area is 234 Å². The lowest BCUT2D eigenvalue weighted by Crippen LogP contribution is -2.34. The van der Waals surface area contributed by atoms with Crippen molar-refractivity contribution >= 4 is 32.6 Å². The number of nitrogens with one attached hydrogen (secondary N) is 1. The topological polar surface area (TPSA) is 106 Å². The summed E-state index contributed by atoms with van der Waals surface area (Å²) < 4.78 is 38.1. The molecule has 0 saturated heterocycles. The molecule has 1 atom stereocenters. The number of para-hydroxylation sites is 1. The average Bonchev–Trinajstić information content (AvgIpc) is 2.92. The summed E-state index contributed by atoms with van der Waals surface area (Å²) >= 11 is 0. The maximum Gasteiger partial charge on any atom is 0.265 e. The van der Waals surface area contributed by atoms with Crippen LogP contribution in [0.15, 0.2) is 86.9 Å². The molecule has 1 unspecified atom stereocenters. The Morgan fingerprint density at radius 3 is 2.17 bits per heavy atom. The molecule has 0 spiro atoms. The summed E-state index contributed by atoms with van der Waals surface area (Å²) in [5.74, 6) is -0.280. The fourth-order valence-corrected chi connectivity index (χ4v) is 5.05. The zero-order valence-electron chi connectivity index (χ0n) is 23.5. The summed E-state index contributed by atoms with van der Waals surface area (Å²) in [6.07, 6.45) is -0.741. The van der Waals surface area contributed by atoms with E-state index < -0.39 is 22.0 Å². The van der Waals surface area contributed by atoms with E-state index in [9.17, 15) is 18.0 Å². The van der Waals surface area contributed by atoms with Gasteiger partial charge in [-0.05, 0) is 53.8 Å². The van der Waals surface area contributed by atoms with Crippen molar-refractivity contribution in [2.45, 2.75) is 50.5 Å². The second-order valence-corrected chi connectivity index (χ2v) is 12.9. The molecule has 4 rings (SSSR count). The molecule has 1 N–H and O–H groups in total. The Hall–Kier alpha value is -3.95. The summed E-state index contributed by atoms with van der Waals surface area (Å²) in [6, 6.07) is 20.5. The van der Waals surface area contributed by atoms with Gasteiger partial charge < -0.3 is 14.5 Å². The maximum absolute atomic E-state index is 13.6. The first-order valence-corrected chi connectivity index (χ1v) is 14.4. The van der Waals surface area contributed by atoms with Gasteiger partial charge in [0.05, 0.1) is 10.3 Å². The Kier molecular flexibility index (Phi) is 8.18. The Morgan fingerprint density at radius 2 is 1.60 bits per heavy atom. The SMILES string of the molecule is CCC(Oc1c(-c2ccc(C(C)(C)C)cc2)oc2ccccc2c1=O)C(=O)Nc1ccc(S(=O)(=O)N(C)C)cc1. The van der Waals surface area contributed by atoms with Gasteiger partial charge in [0.2, 0.25) is 21.2 Å². The van der Waals surface area contributed by atoms with Crippen LogP contribution in [0.1, 0.15) is 39.7 Å². The number of carbonyl (C=O) groups is 1. The molecule has 0 fully saturated rings. The van der Waals surface area contributed by atoms with Crippen molar-refractivity contribution in [3.8, 4) is 17.1 Å². The Morgan fingerprint density at radius 1 is 0.975 bits per heavy atom. The van der Waals surface area contributed by atoms with Crippen LogP contribution in [0.25, 0.3) is 22.3 Å². The van der Waals surface area contributed by atoms with Crippen LogP contribution in [-0.4, -0.2) is 38.8 Å². The fraction of sp³-hybridized carbons (Fsp3) is 0.290. The third kappa shape index (κ3) is 5.95. The Bertz CT molecular complexity index is 1680. The molecule has 4 aromatic rings. The predicted molar refractivity (Wildman–Crippen MR) is 157 cm³/mol. The van der Waals surface area contributed by atoms with Gasteiger partial charge in [0.25, 0.3) is 5.91 Å². The van der Waals surface area contributed by atoms with Crippen LogP contribution in [0, 0.1) is 0 Å². The quantitative estimate of drug-likeness (QED) is 0.291. The van der Waals surface area contributed by atoms with Gasteiger partial charge in [0.15, 0.2) is 11.9 Å². The molecule has 0 aliphatic heterocycles. The minimum atomic E-state index is -3.60. The molecule has 3 aromatic carbocycles. The first kappa shape index (κ1) is 29.0. The van der Waals surface area contributed by atoms with Crippen molar-refractivity contribution in [2.75, 3.05) is 19.4 Å². The average molecular weight is 563 g/mol. The maximum atomic E-state index is 13.6. The van der Waals surface area contributed by atoms with E-state index in [1.165, 1.54) is 38.4 Å². The zero-order chi connectivity index (χ0) is 29.2.